The van der Waals surface area contributed by atoms with Crippen LogP contribution < -0.4 is 5.73 Å². The van der Waals surface area contributed by atoms with Gasteiger partial charge >= 0.3 is 0 Å². The second-order valence-electron chi connectivity index (χ2n) is 5.23. The van der Waals surface area contributed by atoms with Crippen molar-refractivity contribution in [2.24, 2.45) is 5.73 Å². The minimum Gasteiger partial charge on any atom is -0.330 e. The summed E-state index contributed by atoms with van der Waals surface area (Å²) in [6.45, 7) is 0.618. The maximum Gasteiger partial charge on any atom is 0.225 e. The van der Waals surface area contributed by atoms with Crippen molar-refractivity contribution in [2.75, 3.05) is 6.54 Å². The smallest absolute Gasteiger partial charge is 0.225 e. The molecule has 0 aromatic heterocycles. The van der Waals surface area contributed by atoms with Gasteiger partial charge in [-0.25, -0.2) is 0 Å². The molecule has 0 saturated carbocycles. The molecule has 3 nitrogen and oxygen atoms in total. The molecule has 20 heavy (non-hydrogen) atoms. The van der Waals surface area contributed by atoms with Gasteiger partial charge in [-0.3, -0.25) is 4.79 Å². The summed E-state index contributed by atoms with van der Waals surface area (Å²) in [5.41, 5.74) is 8.20. The van der Waals surface area contributed by atoms with Gasteiger partial charge in [0.05, 0.1) is 6.04 Å². The number of amides is 1. The molecule has 1 fully saturated rings. The van der Waals surface area contributed by atoms with Crippen LogP contribution in [-0.4, -0.2) is 23.4 Å². The highest BCUT2D eigenvalue weighted by atomic mass is 16.2. The van der Waals surface area contributed by atoms with Gasteiger partial charge in [0.1, 0.15) is 0 Å². The summed E-state index contributed by atoms with van der Waals surface area (Å²) in [7, 11) is 0. The highest BCUT2D eigenvalue weighted by Gasteiger charge is 2.33. The van der Waals surface area contributed by atoms with Gasteiger partial charge in [0.25, 0.3) is 0 Å². The van der Waals surface area contributed by atoms with E-state index in [1.165, 1.54) is 0 Å². The largest absolute Gasteiger partial charge is 0.330 e. The van der Waals surface area contributed by atoms with Crippen LogP contribution in [-0.2, 0) is 4.79 Å². The Morgan fingerprint density at radius 3 is 1.85 bits per heavy atom. The number of hydrogen-bond acceptors (Lipinski definition) is 2. The molecule has 2 aromatic rings. The Labute approximate surface area is 119 Å². The first-order valence-corrected chi connectivity index (χ1v) is 6.90. The van der Waals surface area contributed by atoms with Crippen LogP contribution >= 0.6 is 0 Å². The van der Waals surface area contributed by atoms with Crippen molar-refractivity contribution in [2.45, 2.75) is 18.5 Å². The van der Waals surface area contributed by atoms with Gasteiger partial charge in [0, 0.05) is 19.0 Å². The summed E-state index contributed by atoms with van der Waals surface area (Å²) in [5.74, 6) is 0.134. The lowest BCUT2D eigenvalue weighted by molar-refractivity contribution is -0.129. The van der Waals surface area contributed by atoms with E-state index < -0.39 is 0 Å². The fourth-order valence-electron chi connectivity index (χ4n) is 2.83. The molecule has 0 spiro atoms. The lowest BCUT2D eigenvalue weighted by Gasteiger charge is -2.29. The molecule has 1 amide bonds. The van der Waals surface area contributed by atoms with E-state index >= 15 is 0 Å². The van der Waals surface area contributed by atoms with Gasteiger partial charge in [-0.2, -0.15) is 0 Å². The maximum atomic E-state index is 12.2. The molecule has 0 bridgehead atoms. The van der Waals surface area contributed by atoms with Gasteiger partial charge in [-0.05, 0) is 11.1 Å². The second-order valence-corrected chi connectivity index (χ2v) is 5.23. The highest BCUT2D eigenvalue weighted by molar-refractivity contribution is 5.80. The lowest BCUT2D eigenvalue weighted by Crippen LogP contribution is -2.33. The van der Waals surface area contributed by atoms with Crippen LogP contribution in [0.3, 0.4) is 0 Å². The van der Waals surface area contributed by atoms with Crippen molar-refractivity contribution in [3.63, 3.8) is 0 Å². The van der Waals surface area contributed by atoms with Crippen LogP contribution in [0.25, 0.3) is 0 Å². The van der Waals surface area contributed by atoms with Crippen LogP contribution in [0.4, 0.5) is 0 Å². The molecule has 2 aromatic carbocycles. The number of carbonyl (C=O) groups excluding carboxylic acids is 1. The Balaban J connectivity index is 2.03. The van der Waals surface area contributed by atoms with Gasteiger partial charge in [-0.15, -0.1) is 0 Å². The first kappa shape index (κ1) is 12.9. The van der Waals surface area contributed by atoms with E-state index in [9.17, 15) is 4.79 Å². The summed E-state index contributed by atoms with van der Waals surface area (Å²) in [5, 5.41) is 0. The number of likely N-dealkylation sites (tertiary alicyclic amines) is 1. The molecule has 2 N–H and O–H groups in total. The van der Waals surface area contributed by atoms with E-state index in [1.54, 1.807) is 0 Å². The third kappa shape index (κ3) is 2.45. The average molecular weight is 266 g/mol. The van der Waals surface area contributed by atoms with E-state index in [4.69, 9.17) is 5.73 Å². The molecule has 3 rings (SSSR count). The lowest BCUT2D eigenvalue weighted by atomic mass is 9.97. The van der Waals surface area contributed by atoms with Crippen molar-refractivity contribution in [3.8, 4) is 0 Å². The molecule has 1 aliphatic heterocycles. The van der Waals surface area contributed by atoms with Gasteiger partial charge in [-0.1, -0.05) is 60.7 Å². The molecule has 1 unspecified atom stereocenters. The van der Waals surface area contributed by atoms with Gasteiger partial charge in [0.2, 0.25) is 5.91 Å². The second kappa shape index (κ2) is 5.47. The van der Waals surface area contributed by atoms with Crippen LogP contribution in [0.15, 0.2) is 60.7 Å². The van der Waals surface area contributed by atoms with Crippen LogP contribution in [0.5, 0.6) is 0 Å². The molecule has 0 aliphatic carbocycles. The van der Waals surface area contributed by atoms with Gasteiger partial charge in [0.15, 0.2) is 0 Å². The summed E-state index contributed by atoms with van der Waals surface area (Å²) in [4.78, 5) is 14.1. The van der Waals surface area contributed by atoms with Crippen molar-refractivity contribution >= 4 is 5.91 Å². The Hall–Kier alpha value is -2.13. The zero-order valence-corrected chi connectivity index (χ0v) is 11.3. The van der Waals surface area contributed by atoms with Crippen molar-refractivity contribution in [1.29, 1.82) is 0 Å². The normalized spacial score (nSPS) is 18.8. The monoisotopic (exact) mass is 266 g/mol. The third-order valence-electron chi connectivity index (χ3n) is 3.73. The third-order valence-corrected chi connectivity index (χ3v) is 3.73. The van der Waals surface area contributed by atoms with E-state index in [2.05, 4.69) is 24.3 Å². The van der Waals surface area contributed by atoms with Crippen LogP contribution in [0.2, 0.25) is 0 Å². The molecule has 3 heteroatoms. The van der Waals surface area contributed by atoms with E-state index in [1.807, 2.05) is 41.3 Å². The average Bonchev–Trinajstić information content (AvgIpc) is 2.80. The van der Waals surface area contributed by atoms with Gasteiger partial charge < -0.3 is 10.6 Å². The summed E-state index contributed by atoms with van der Waals surface area (Å²) in [6, 6.07) is 20.2. The Morgan fingerprint density at radius 1 is 0.950 bits per heavy atom. The van der Waals surface area contributed by atoms with Crippen LogP contribution in [0, 0.1) is 0 Å². The number of rotatable bonds is 3. The summed E-state index contributed by atoms with van der Waals surface area (Å²) in [6.07, 6.45) is 0.441. The first-order chi connectivity index (χ1) is 9.75. The molecule has 1 atom stereocenters. The minimum atomic E-state index is -0.0579. The van der Waals surface area contributed by atoms with Crippen molar-refractivity contribution < 1.29 is 4.79 Å². The predicted octanol–water partition coefficient (Wildman–Crippen LogP) is 2.34. The topological polar surface area (TPSA) is 46.3 Å². The van der Waals surface area contributed by atoms with E-state index in [0.29, 0.717) is 13.0 Å². The summed E-state index contributed by atoms with van der Waals surface area (Å²) < 4.78 is 0. The molecule has 102 valence electrons. The molecular weight excluding hydrogens is 248 g/mol. The Kier molecular flexibility index (Phi) is 3.52. The number of hydrogen-bond donors (Lipinski definition) is 1. The first-order valence-electron chi connectivity index (χ1n) is 6.90. The molecule has 1 saturated heterocycles. The quantitative estimate of drug-likeness (QED) is 0.927. The molecule has 1 aliphatic rings. The molecule has 1 heterocycles. The fraction of sp³-hybridized carbons (Fsp3) is 0.235. The van der Waals surface area contributed by atoms with E-state index in [0.717, 1.165) is 11.1 Å². The summed E-state index contributed by atoms with van der Waals surface area (Å²) >= 11 is 0. The van der Waals surface area contributed by atoms with Crippen molar-refractivity contribution in [1.82, 2.24) is 4.90 Å². The number of benzene rings is 2. The fourth-order valence-corrected chi connectivity index (χ4v) is 2.83. The number of carbonyl (C=O) groups is 1. The Morgan fingerprint density at radius 2 is 1.45 bits per heavy atom. The molecule has 0 radical (unpaired) electrons. The predicted molar refractivity (Wildman–Crippen MR) is 79.0 cm³/mol. The zero-order chi connectivity index (χ0) is 13.9. The molecular formula is C17H18N2O. The van der Waals surface area contributed by atoms with Crippen LogP contribution in [0.1, 0.15) is 23.6 Å². The number of nitrogens with zero attached hydrogens (tertiary/aromatic N) is 1. The Bertz CT molecular complexity index is 543. The van der Waals surface area contributed by atoms with E-state index in [-0.39, 0.29) is 18.0 Å². The SMILES string of the molecule is NC1CC(=O)N(C(c2ccccc2)c2ccccc2)C1. The maximum absolute atomic E-state index is 12.2. The number of nitrogens with two attached hydrogens (primary N) is 1. The standard InChI is InChI=1S/C17H18N2O/c18-15-11-16(20)19(12-15)17(13-7-3-1-4-8-13)14-9-5-2-6-10-14/h1-10,15,17H,11-12,18H2. The van der Waals surface area contributed by atoms with Crippen molar-refractivity contribution in [3.05, 3.63) is 71.8 Å². The minimum absolute atomic E-state index is 0.0431. The highest BCUT2D eigenvalue weighted by Crippen LogP contribution is 2.31. The zero-order valence-electron chi connectivity index (χ0n) is 11.3.